The van der Waals surface area contributed by atoms with Crippen LogP contribution in [0.15, 0.2) is 24.3 Å². The number of benzene rings is 1. The maximum atomic E-state index is 13.3. The molecule has 3 unspecified atom stereocenters. The van der Waals surface area contributed by atoms with E-state index in [9.17, 15) is 14.7 Å². The Morgan fingerprint density at radius 1 is 1.26 bits per heavy atom. The summed E-state index contributed by atoms with van der Waals surface area (Å²) in [5.41, 5.74) is -0.409. The van der Waals surface area contributed by atoms with Crippen molar-refractivity contribution < 1.29 is 19.4 Å². The number of unbranched alkanes of at least 4 members (excludes halogenated alkanes) is 1. The summed E-state index contributed by atoms with van der Waals surface area (Å²) in [5.74, 6) is -0.349. The SMILES string of the molecule is CCCCC1C(=O)C(C)(CN2c3ccccc3[C@]3(O)CCO[C@H]23)C(=O)C1C. The summed E-state index contributed by atoms with van der Waals surface area (Å²) in [4.78, 5) is 28.4. The molecule has 5 heteroatoms. The topological polar surface area (TPSA) is 66.8 Å². The van der Waals surface area contributed by atoms with Gasteiger partial charge in [0.15, 0.2) is 17.8 Å². The average Bonchev–Trinajstić information content (AvgIpc) is 3.20. The summed E-state index contributed by atoms with van der Waals surface area (Å²) in [5, 5.41) is 11.2. The first-order chi connectivity index (χ1) is 12.8. The molecular formula is C22H29NO4. The number of para-hydroxylation sites is 1. The lowest BCUT2D eigenvalue weighted by Crippen LogP contribution is -2.49. The van der Waals surface area contributed by atoms with Crippen LogP contribution in [0.2, 0.25) is 0 Å². The van der Waals surface area contributed by atoms with Crippen molar-refractivity contribution >= 4 is 17.3 Å². The summed E-state index contributed by atoms with van der Waals surface area (Å²) in [6, 6.07) is 7.69. The van der Waals surface area contributed by atoms with Gasteiger partial charge in [0, 0.05) is 36.1 Å². The van der Waals surface area contributed by atoms with Gasteiger partial charge in [-0.15, -0.1) is 0 Å². The summed E-state index contributed by atoms with van der Waals surface area (Å²) < 4.78 is 5.87. The number of Topliss-reactive ketones (excluding diaryl/α,β-unsaturated/α-hetero) is 2. The number of carbonyl (C=O) groups excluding carboxylic acids is 2. The summed E-state index contributed by atoms with van der Waals surface area (Å²) in [6.45, 7) is 6.52. The van der Waals surface area contributed by atoms with Crippen molar-refractivity contribution in [2.75, 3.05) is 18.1 Å². The second kappa shape index (κ2) is 6.42. The zero-order valence-electron chi connectivity index (χ0n) is 16.4. The van der Waals surface area contributed by atoms with E-state index >= 15 is 0 Å². The molecule has 2 fully saturated rings. The van der Waals surface area contributed by atoms with E-state index < -0.39 is 17.2 Å². The molecule has 27 heavy (non-hydrogen) atoms. The van der Waals surface area contributed by atoms with E-state index in [1.165, 1.54) is 0 Å². The standard InChI is InChI=1S/C22H29NO4/c1-4-5-8-15-14(2)18(24)21(3,19(15)25)13-23-17-10-7-6-9-16(17)22(26)11-12-27-20(22)23/h6-7,9-10,14-15,20,26H,4-5,8,11-13H2,1-3H3/t14?,15?,20-,21?,22+/m0/s1. The fraction of sp³-hybridized carbons (Fsp3) is 0.636. The highest BCUT2D eigenvalue weighted by Crippen LogP contribution is 2.51. The Bertz CT molecular complexity index is 777. The molecule has 1 saturated heterocycles. The normalized spacial score (nSPS) is 37.8. The Labute approximate surface area is 160 Å². The number of ether oxygens (including phenoxy) is 1. The van der Waals surface area contributed by atoms with Gasteiger partial charge in [-0.2, -0.15) is 0 Å². The van der Waals surface area contributed by atoms with E-state index in [2.05, 4.69) is 6.92 Å². The largest absolute Gasteiger partial charge is 0.380 e. The van der Waals surface area contributed by atoms with Gasteiger partial charge in [0.25, 0.3) is 0 Å². The second-order valence-electron chi connectivity index (χ2n) is 8.64. The fourth-order valence-corrected chi connectivity index (χ4v) is 5.33. The van der Waals surface area contributed by atoms with E-state index in [0.717, 1.165) is 30.5 Å². The lowest BCUT2D eigenvalue weighted by atomic mass is 9.84. The van der Waals surface area contributed by atoms with E-state index in [4.69, 9.17) is 4.74 Å². The van der Waals surface area contributed by atoms with E-state index in [1.807, 2.05) is 36.1 Å². The number of fused-ring (bicyclic) bond motifs is 3. The molecule has 3 aliphatic rings. The molecule has 1 saturated carbocycles. The molecule has 4 rings (SSSR count). The zero-order chi connectivity index (χ0) is 19.4. The minimum absolute atomic E-state index is 0.0273. The number of hydrogen-bond acceptors (Lipinski definition) is 5. The molecule has 0 aromatic heterocycles. The molecule has 1 aliphatic carbocycles. The maximum absolute atomic E-state index is 13.3. The highest BCUT2D eigenvalue weighted by atomic mass is 16.5. The quantitative estimate of drug-likeness (QED) is 0.806. The van der Waals surface area contributed by atoms with Gasteiger partial charge in [-0.05, 0) is 19.4 Å². The van der Waals surface area contributed by atoms with Crippen LogP contribution >= 0.6 is 0 Å². The number of nitrogens with zero attached hydrogens (tertiary/aromatic N) is 1. The van der Waals surface area contributed by atoms with Crippen molar-refractivity contribution in [3.63, 3.8) is 0 Å². The molecular weight excluding hydrogens is 342 g/mol. The third-order valence-electron chi connectivity index (χ3n) is 6.93. The van der Waals surface area contributed by atoms with Crippen LogP contribution < -0.4 is 4.90 Å². The molecule has 1 aromatic rings. The number of rotatable bonds is 5. The maximum Gasteiger partial charge on any atom is 0.163 e. The summed E-state index contributed by atoms with van der Waals surface area (Å²) in [6.07, 6.45) is 2.75. The molecule has 5 nitrogen and oxygen atoms in total. The van der Waals surface area contributed by atoms with Gasteiger partial charge in [-0.25, -0.2) is 0 Å². The molecule has 0 radical (unpaired) electrons. The summed E-state index contributed by atoms with van der Waals surface area (Å²) >= 11 is 0. The predicted molar refractivity (Wildman–Crippen MR) is 102 cm³/mol. The highest BCUT2D eigenvalue weighted by molar-refractivity contribution is 6.15. The van der Waals surface area contributed by atoms with Gasteiger partial charge in [-0.1, -0.05) is 44.9 Å². The Kier molecular flexibility index (Phi) is 4.43. The number of hydrogen-bond donors (Lipinski definition) is 1. The van der Waals surface area contributed by atoms with Gasteiger partial charge in [0.05, 0.1) is 6.61 Å². The highest BCUT2D eigenvalue weighted by Gasteiger charge is 2.60. The first-order valence-electron chi connectivity index (χ1n) is 10.1. The monoisotopic (exact) mass is 371 g/mol. The molecule has 146 valence electrons. The second-order valence-corrected chi connectivity index (χ2v) is 8.64. The molecule has 2 heterocycles. The first-order valence-corrected chi connectivity index (χ1v) is 10.1. The van der Waals surface area contributed by atoms with Crippen molar-refractivity contribution in [2.45, 2.75) is 58.3 Å². The van der Waals surface area contributed by atoms with E-state index in [0.29, 0.717) is 13.0 Å². The molecule has 1 N–H and O–H groups in total. The Morgan fingerprint density at radius 2 is 2.00 bits per heavy atom. The fourth-order valence-electron chi connectivity index (χ4n) is 5.33. The molecule has 5 atom stereocenters. The van der Waals surface area contributed by atoms with Crippen molar-refractivity contribution in [1.29, 1.82) is 0 Å². The number of ketones is 2. The van der Waals surface area contributed by atoms with Crippen molar-refractivity contribution in [1.82, 2.24) is 0 Å². The van der Waals surface area contributed by atoms with Crippen LogP contribution in [-0.2, 0) is 19.9 Å². The predicted octanol–water partition coefficient (Wildman–Crippen LogP) is 3.04. The van der Waals surface area contributed by atoms with Crippen LogP contribution in [0, 0.1) is 17.3 Å². The lowest BCUT2D eigenvalue weighted by Gasteiger charge is -2.34. The van der Waals surface area contributed by atoms with Gasteiger partial charge in [0.2, 0.25) is 0 Å². The van der Waals surface area contributed by atoms with Crippen molar-refractivity contribution in [2.24, 2.45) is 17.3 Å². The Hall–Kier alpha value is -1.72. The van der Waals surface area contributed by atoms with Crippen LogP contribution in [0.1, 0.15) is 52.0 Å². The first kappa shape index (κ1) is 18.6. The van der Waals surface area contributed by atoms with Crippen LogP contribution in [0.3, 0.4) is 0 Å². The summed E-state index contributed by atoms with van der Waals surface area (Å²) in [7, 11) is 0. The van der Waals surface area contributed by atoms with E-state index in [1.54, 1.807) is 6.92 Å². The van der Waals surface area contributed by atoms with Gasteiger partial charge < -0.3 is 14.7 Å². The molecule has 2 aliphatic heterocycles. The third kappa shape index (κ3) is 2.51. The molecule has 0 amide bonds. The Morgan fingerprint density at radius 3 is 2.74 bits per heavy atom. The number of carbonyl (C=O) groups is 2. The van der Waals surface area contributed by atoms with E-state index in [-0.39, 0.29) is 29.9 Å². The van der Waals surface area contributed by atoms with Crippen molar-refractivity contribution in [3.8, 4) is 0 Å². The smallest absolute Gasteiger partial charge is 0.163 e. The number of anilines is 1. The lowest BCUT2D eigenvalue weighted by molar-refractivity contribution is -0.135. The van der Waals surface area contributed by atoms with Gasteiger partial charge in [0.1, 0.15) is 11.0 Å². The van der Waals surface area contributed by atoms with Crippen LogP contribution in [0.5, 0.6) is 0 Å². The van der Waals surface area contributed by atoms with Crippen LogP contribution in [0.25, 0.3) is 0 Å². The van der Waals surface area contributed by atoms with Gasteiger partial charge >= 0.3 is 0 Å². The van der Waals surface area contributed by atoms with Crippen LogP contribution in [0.4, 0.5) is 5.69 Å². The molecule has 1 aromatic carbocycles. The van der Waals surface area contributed by atoms with Gasteiger partial charge in [-0.3, -0.25) is 9.59 Å². The number of aliphatic hydroxyl groups is 1. The van der Waals surface area contributed by atoms with Crippen molar-refractivity contribution in [3.05, 3.63) is 29.8 Å². The van der Waals surface area contributed by atoms with Crippen LogP contribution in [-0.4, -0.2) is 36.1 Å². The molecule has 0 bridgehead atoms. The third-order valence-corrected chi connectivity index (χ3v) is 6.93. The average molecular weight is 371 g/mol. The molecule has 0 spiro atoms. The zero-order valence-corrected chi connectivity index (χ0v) is 16.4. The minimum Gasteiger partial charge on any atom is -0.380 e. The minimum atomic E-state index is -1.06. The Balaban J connectivity index is 1.67.